The van der Waals surface area contributed by atoms with Crippen molar-refractivity contribution >= 4 is 30.1 Å². The summed E-state index contributed by atoms with van der Waals surface area (Å²) in [5.74, 6) is -1.76. The highest BCUT2D eigenvalue weighted by molar-refractivity contribution is 6.06. The van der Waals surface area contributed by atoms with Crippen LogP contribution < -0.4 is 10.9 Å². The third-order valence-corrected chi connectivity index (χ3v) is 4.59. The predicted octanol–water partition coefficient (Wildman–Crippen LogP) is 1.99. The quantitative estimate of drug-likeness (QED) is 0.256. The second-order valence-electron chi connectivity index (χ2n) is 6.69. The van der Waals surface area contributed by atoms with Gasteiger partial charge in [0.1, 0.15) is 5.76 Å². The van der Waals surface area contributed by atoms with Gasteiger partial charge in [-0.3, -0.25) is 35.2 Å². The number of hydrogen-bond acceptors (Lipinski definition) is 6. The zero-order valence-corrected chi connectivity index (χ0v) is 16.0. The molecule has 0 aromatic carbocycles. The number of furan rings is 1. The Balaban J connectivity index is 2.01. The van der Waals surface area contributed by atoms with Gasteiger partial charge in [0.15, 0.2) is 11.5 Å². The molecule has 0 unspecified atom stereocenters. The summed E-state index contributed by atoms with van der Waals surface area (Å²) in [7, 11) is 0. The maximum atomic E-state index is 12.4. The third-order valence-electron chi connectivity index (χ3n) is 4.59. The van der Waals surface area contributed by atoms with Gasteiger partial charge in [-0.2, -0.15) is 0 Å². The number of Topliss-reactive ketones (excluding diaryl/α,β-unsaturated/α-hetero) is 1. The molecule has 9 heteroatoms. The van der Waals surface area contributed by atoms with E-state index in [1.54, 1.807) is 19.1 Å². The fourth-order valence-corrected chi connectivity index (χ4v) is 3.08. The summed E-state index contributed by atoms with van der Waals surface area (Å²) >= 11 is 0. The van der Waals surface area contributed by atoms with Gasteiger partial charge >= 0.3 is 5.91 Å². The molecule has 3 amide bonds. The summed E-state index contributed by atoms with van der Waals surface area (Å²) in [5, 5.41) is 9.79. The molecule has 1 aromatic rings. The van der Waals surface area contributed by atoms with E-state index in [-0.39, 0.29) is 30.9 Å². The van der Waals surface area contributed by atoms with E-state index in [2.05, 4.69) is 10.9 Å². The van der Waals surface area contributed by atoms with Crippen molar-refractivity contribution in [3.05, 3.63) is 28.7 Å². The number of ketones is 1. The van der Waals surface area contributed by atoms with E-state index >= 15 is 0 Å². The summed E-state index contributed by atoms with van der Waals surface area (Å²) in [6.45, 7) is 3.45. The number of hydrazine groups is 1. The maximum Gasteiger partial charge on any atom is 0.305 e. The standard InChI is InChI=1S/C19H25N3O6/c1-3-4-5-7-13(10-22(27)11-23)18(25)20-21-19(26)17-12(2)16-14(24)8-6-9-15(16)28-17/h6,9,11,13,27H,3-5,7-8,10H2,1-2H3,(H,20,25)(H,21,26)/t13-/m1/s1. The molecular weight excluding hydrogens is 366 g/mol. The number of hydroxylamine groups is 2. The Morgan fingerprint density at radius 2 is 2.11 bits per heavy atom. The molecule has 1 aliphatic rings. The van der Waals surface area contributed by atoms with Crippen LogP contribution in [0.25, 0.3) is 6.08 Å². The lowest BCUT2D eigenvalue weighted by molar-refractivity contribution is -0.154. The highest BCUT2D eigenvalue weighted by atomic mass is 16.5. The molecule has 1 atom stereocenters. The fraction of sp³-hybridized carbons (Fsp3) is 0.474. The second-order valence-corrected chi connectivity index (χ2v) is 6.69. The summed E-state index contributed by atoms with van der Waals surface area (Å²) in [6.07, 6.45) is 6.82. The van der Waals surface area contributed by atoms with Crippen molar-refractivity contribution in [2.75, 3.05) is 6.54 Å². The average Bonchev–Trinajstić information content (AvgIpc) is 3.03. The molecule has 0 fully saturated rings. The molecule has 0 aliphatic heterocycles. The molecular formula is C19H25N3O6. The third kappa shape index (κ3) is 5.07. The van der Waals surface area contributed by atoms with Crippen molar-refractivity contribution in [2.24, 2.45) is 5.92 Å². The van der Waals surface area contributed by atoms with Crippen LogP contribution in [0.2, 0.25) is 0 Å². The van der Waals surface area contributed by atoms with Crippen molar-refractivity contribution in [1.82, 2.24) is 15.9 Å². The lowest BCUT2D eigenvalue weighted by atomic mass is 9.99. The number of rotatable bonds is 9. The number of carbonyl (C=O) groups is 4. The minimum atomic E-state index is -0.690. The smallest absolute Gasteiger partial charge is 0.305 e. The molecule has 2 rings (SSSR count). The topological polar surface area (TPSA) is 129 Å². The van der Waals surface area contributed by atoms with Crippen LogP contribution in [-0.2, 0) is 9.59 Å². The van der Waals surface area contributed by atoms with Gasteiger partial charge in [0.2, 0.25) is 12.3 Å². The monoisotopic (exact) mass is 391 g/mol. The number of amides is 3. The van der Waals surface area contributed by atoms with E-state index in [0.29, 0.717) is 28.4 Å². The number of fused-ring (bicyclic) bond motifs is 1. The van der Waals surface area contributed by atoms with Crippen LogP contribution in [0.5, 0.6) is 0 Å². The van der Waals surface area contributed by atoms with Gasteiger partial charge in [0, 0.05) is 12.0 Å². The van der Waals surface area contributed by atoms with Crippen molar-refractivity contribution in [3.8, 4) is 0 Å². The number of nitrogens with zero attached hydrogens (tertiary/aromatic N) is 1. The van der Waals surface area contributed by atoms with Gasteiger partial charge in [0.25, 0.3) is 0 Å². The van der Waals surface area contributed by atoms with E-state index < -0.39 is 17.7 Å². The molecule has 28 heavy (non-hydrogen) atoms. The minimum absolute atomic E-state index is 0.0515. The summed E-state index contributed by atoms with van der Waals surface area (Å²) in [6, 6.07) is 0. The number of unbranched alkanes of at least 4 members (excludes halogenated alkanes) is 2. The van der Waals surface area contributed by atoms with Gasteiger partial charge < -0.3 is 4.42 Å². The normalized spacial score (nSPS) is 13.6. The van der Waals surface area contributed by atoms with Crippen LogP contribution in [0, 0.1) is 12.8 Å². The Morgan fingerprint density at radius 3 is 2.75 bits per heavy atom. The molecule has 3 N–H and O–H groups in total. The Morgan fingerprint density at radius 1 is 1.36 bits per heavy atom. The predicted molar refractivity (Wildman–Crippen MR) is 99.2 cm³/mol. The van der Waals surface area contributed by atoms with Gasteiger partial charge in [-0.1, -0.05) is 32.3 Å². The first-order valence-corrected chi connectivity index (χ1v) is 9.23. The van der Waals surface area contributed by atoms with Crippen LogP contribution in [-0.4, -0.2) is 40.8 Å². The van der Waals surface area contributed by atoms with Crippen molar-refractivity contribution < 1.29 is 28.8 Å². The van der Waals surface area contributed by atoms with Crippen LogP contribution in [0.1, 0.15) is 71.3 Å². The van der Waals surface area contributed by atoms with Crippen molar-refractivity contribution in [2.45, 2.75) is 46.0 Å². The van der Waals surface area contributed by atoms with Crippen LogP contribution >= 0.6 is 0 Å². The molecule has 1 aliphatic carbocycles. The van der Waals surface area contributed by atoms with E-state index in [1.807, 2.05) is 6.92 Å². The maximum absolute atomic E-state index is 12.4. The van der Waals surface area contributed by atoms with Crippen molar-refractivity contribution in [1.29, 1.82) is 0 Å². The van der Waals surface area contributed by atoms with Gasteiger partial charge in [-0.25, -0.2) is 5.06 Å². The molecule has 0 saturated heterocycles. The number of allylic oxidation sites excluding steroid dienone is 1. The average molecular weight is 391 g/mol. The first-order valence-electron chi connectivity index (χ1n) is 9.23. The molecule has 1 aromatic heterocycles. The van der Waals surface area contributed by atoms with Crippen molar-refractivity contribution in [3.63, 3.8) is 0 Å². The van der Waals surface area contributed by atoms with E-state index in [4.69, 9.17) is 4.42 Å². The first kappa shape index (κ1) is 21.4. The molecule has 0 bridgehead atoms. The van der Waals surface area contributed by atoms with Crippen LogP contribution in [0.3, 0.4) is 0 Å². The summed E-state index contributed by atoms with van der Waals surface area (Å²) in [5.41, 5.74) is 5.36. The van der Waals surface area contributed by atoms with E-state index in [1.165, 1.54) is 0 Å². The Hall–Kier alpha value is -2.94. The molecule has 9 nitrogen and oxygen atoms in total. The SMILES string of the molecule is CCCCC[C@H](CN(O)C=O)C(=O)NNC(=O)c1oc2c(c1C)C(=O)CC=C2. The molecule has 0 spiro atoms. The largest absolute Gasteiger partial charge is 0.450 e. The lowest BCUT2D eigenvalue weighted by Crippen LogP contribution is -2.46. The van der Waals surface area contributed by atoms with Crippen LogP contribution in [0.15, 0.2) is 10.5 Å². The van der Waals surface area contributed by atoms with Crippen LogP contribution in [0.4, 0.5) is 0 Å². The van der Waals surface area contributed by atoms with E-state index in [9.17, 15) is 24.4 Å². The van der Waals surface area contributed by atoms with Gasteiger partial charge in [-0.15, -0.1) is 0 Å². The fourth-order valence-electron chi connectivity index (χ4n) is 3.08. The summed E-state index contributed by atoms with van der Waals surface area (Å²) in [4.78, 5) is 47.4. The zero-order valence-electron chi connectivity index (χ0n) is 16.0. The molecule has 1 heterocycles. The number of carbonyl (C=O) groups excluding carboxylic acids is 4. The lowest BCUT2D eigenvalue weighted by Gasteiger charge is -2.19. The molecule has 0 radical (unpaired) electrons. The van der Waals surface area contributed by atoms with Gasteiger partial charge in [0.05, 0.1) is 18.0 Å². The van der Waals surface area contributed by atoms with Gasteiger partial charge in [-0.05, 0) is 19.4 Å². The highest BCUT2D eigenvalue weighted by Gasteiger charge is 2.27. The number of nitrogens with one attached hydrogen (secondary N) is 2. The Kier molecular flexibility index (Phi) is 7.51. The molecule has 152 valence electrons. The highest BCUT2D eigenvalue weighted by Crippen LogP contribution is 2.28. The van der Waals surface area contributed by atoms with E-state index in [0.717, 1.165) is 19.3 Å². The zero-order chi connectivity index (χ0) is 20.7. The minimum Gasteiger partial charge on any atom is -0.450 e. The summed E-state index contributed by atoms with van der Waals surface area (Å²) < 4.78 is 5.46. The Labute approximate surface area is 162 Å². The molecule has 0 saturated carbocycles. The number of hydrogen-bond donors (Lipinski definition) is 3. The first-order chi connectivity index (χ1) is 13.4. The second kappa shape index (κ2) is 9.84. The Bertz CT molecular complexity index is 783.